The zero-order valence-corrected chi connectivity index (χ0v) is 9.71. The van der Waals surface area contributed by atoms with Crippen LogP contribution >= 0.6 is 0 Å². The molecule has 0 bridgehead atoms. The number of rotatable bonds is 3. The van der Waals surface area contributed by atoms with Gasteiger partial charge < -0.3 is 0 Å². The summed E-state index contributed by atoms with van der Waals surface area (Å²) in [5.41, 5.74) is 1.59. The van der Waals surface area contributed by atoms with Crippen molar-refractivity contribution in [2.24, 2.45) is 0 Å². The molecule has 0 aliphatic rings. The minimum Gasteiger partial charge on any atom is -0.267 e. The van der Waals surface area contributed by atoms with Gasteiger partial charge in [-0.1, -0.05) is 17.7 Å². The number of nitrogens with zero attached hydrogens (tertiary/aromatic N) is 1. The van der Waals surface area contributed by atoms with Crippen LogP contribution in [-0.4, -0.2) is 28.5 Å². The highest BCUT2D eigenvalue weighted by Gasteiger charge is 2.13. The highest BCUT2D eigenvalue weighted by Crippen LogP contribution is 2.06. The van der Waals surface area contributed by atoms with Gasteiger partial charge in [0.25, 0.3) is 5.91 Å². The van der Waals surface area contributed by atoms with Crippen LogP contribution in [0.5, 0.6) is 0 Å². The van der Waals surface area contributed by atoms with Crippen LogP contribution in [0.15, 0.2) is 24.3 Å². The van der Waals surface area contributed by atoms with Crippen molar-refractivity contribution in [3.63, 3.8) is 0 Å². The van der Waals surface area contributed by atoms with Crippen molar-refractivity contribution in [1.29, 1.82) is 0 Å². The van der Waals surface area contributed by atoms with Gasteiger partial charge in [-0.15, -0.1) is 0 Å². The van der Waals surface area contributed by atoms with Crippen LogP contribution in [0.4, 0.5) is 0 Å². The standard InChI is InChI=1S/C10H13NO3S/c1-8-4-6-9(7-5-8)10(12)11(2)14-15(3)13/h4-7H,1-3H3. The summed E-state index contributed by atoms with van der Waals surface area (Å²) < 4.78 is 15.5. The molecule has 4 nitrogen and oxygen atoms in total. The number of benzene rings is 1. The maximum absolute atomic E-state index is 11.7. The van der Waals surface area contributed by atoms with Gasteiger partial charge in [0.1, 0.15) is 0 Å². The molecule has 0 N–H and O–H groups in total. The smallest absolute Gasteiger partial charge is 0.267 e. The second-order valence-electron chi connectivity index (χ2n) is 3.14. The van der Waals surface area contributed by atoms with E-state index in [2.05, 4.69) is 0 Å². The summed E-state index contributed by atoms with van der Waals surface area (Å²) in [5.74, 6) is -0.315. The van der Waals surface area contributed by atoms with E-state index in [0.29, 0.717) is 5.56 Å². The largest absolute Gasteiger partial charge is 0.278 e. The van der Waals surface area contributed by atoms with Gasteiger partial charge in [0.2, 0.25) is 0 Å². The number of hydrogen-bond acceptors (Lipinski definition) is 3. The lowest BCUT2D eigenvalue weighted by molar-refractivity contribution is -0.00311. The lowest BCUT2D eigenvalue weighted by atomic mass is 10.1. The van der Waals surface area contributed by atoms with E-state index in [0.717, 1.165) is 10.6 Å². The molecule has 0 heterocycles. The SMILES string of the molecule is Cc1ccc(C(=O)N(C)OS(C)=O)cc1. The third-order valence-electron chi connectivity index (χ3n) is 1.80. The first-order chi connectivity index (χ1) is 7.00. The van der Waals surface area contributed by atoms with Crippen molar-refractivity contribution >= 4 is 17.0 Å². The molecular weight excluding hydrogens is 214 g/mol. The molecule has 0 fully saturated rings. The molecule has 0 radical (unpaired) electrons. The van der Waals surface area contributed by atoms with Crippen molar-refractivity contribution in [3.05, 3.63) is 35.4 Å². The number of amides is 1. The fourth-order valence-electron chi connectivity index (χ4n) is 1.07. The topological polar surface area (TPSA) is 46.6 Å². The molecule has 0 saturated carbocycles. The predicted molar refractivity (Wildman–Crippen MR) is 58.4 cm³/mol. The summed E-state index contributed by atoms with van der Waals surface area (Å²) in [7, 11) is 1.43. The molecule has 0 aromatic heterocycles. The van der Waals surface area contributed by atoms with Gasteiger partial charge in [0.05, 0.1) is 0 Å². The Kier molecular flexibility index (Phi) is 3.99. The highest BCUT2D eigenvalue weighted by atomic mass is 32.2. The molecule has 1 aromatic carbocycles. The van der Waals surface area contributed by atoms with E-state index in [4.69, 9.17) is 4.28 Å². The first-order valence-corrected chi connectivity index (χ1v) is 5.85. The summed E-state index contributed by atoms with van der Waals surface area (Å²) >= 11 is -1.49. The van der Waals surface area contributed by atoms with E-state index in [1.807, 2.05) is 19.1 Å². The number of carbonyl (C=O) groups excluding carboxylic acids is 1. The Bertz CT molecular complexity index is 375. The first kappa shape index (κ1) is 11.9. The Hall–Kier alpha value is -1.20. The molecule has 1 atom stereocenters. The number of hydroxylamine groups is 2. The summed E-state index contributed by atoms with van der Waals surface area (Å²) in [6.45, 7) is 1.94. The number of hydrogen-bond donors (Lipinski definition) is 0. The molecule has 1 aromatic rings. The third-order valence-corrected chi connectivity index (χ3v) is 2.23. The van der Waals surface area contributed by atoms with Crippen molar-refractivity contribution in [2.75, 3.05) is 13.3 Å². The third kappa shape index (κ3) is 3.45. The average molecular weight is 227 g/mol. The Balaban J connectivity index is 2.76. The van der Waals surface area contributed by atoms with Crippen LogP contribution in [0, 0.1) is 6.92 Å². The Morgan fingerprint density at radius 1 is 1.33 bits per heavy atom. The van der Waals surface area contributed by atoms with Gasteiger partial charge in [-0.2, -0.15) is 4.28 Å². The fourth-order valence-corrected chi connectivity index (χ4v) is 1.45. The molecule has 0 aliphatic carbocycles. The summed E-state index contributed by atoms with van der Waals surface area (Å²) in [6, 6.07) is 7.08. The van der Waals surface area contributed by atoms with Crippen LogP contribution in [-0.2, 0) is 15.4 Å². The van der Waals surface area contributed by atoms with Crippen LogP contribution in [0.1, 0.15) is 15.9 Å². The van der Waals surface area contributed by atoms with E-state index >= 15 is 0 Å². The Morgan fingerprint density at radius 2 is 1.87 bits per heavy atom. The van der Waals surface area contributed by atoms with E-state index in [-0.39, 0.29) is 5.91 Å². The van der Waals surface area contributed by atoms with Crippen molar-refractivity contribution in [1.82, 2.24) is 5.06 Å². The molecule has 15 heavy (non-hydrogen) atoms. The van der Waals surface area contributed by atoms with Gasteiger partial charge in [-0.25, -0.2) is 9.27 Å². The Morgan fingerprint density at radius 3 is 2.33 bits per heavy atom. The molecule has 0 aliphatic heterocycles. The van der Waals surface area contributed by atoms with Crippen molar-refractivity contribution < 1.29 is 13.3 Å². The van der Waals surface area contributed by atoms with E-state index in [1.54, 1.807) is 12.1 Å². The van der Waals surface area contributed by atoms with Gasteiger partial charge in [-0.3, -0.25) is 4.79 Å². The van der Waals surface area contributed by atoms with Gasteiger partial charge in [0.15, 0.2) is 11.1 Å². The maximum atomic E-state index is 11.7. The summed E-state index contributed by atoms with van der Waals surface area (Å²) in [6.07, 6.45) is 1.36. The molecule has 1 unspecified atom stereocenters. The van der Waals surface area contributed by atoms with Crippen molar-refractivity contribution in [2.45, 2.75) is 6.92 Å². The zero-order valence-electron chi connectivity index (χ0n) is 8.89. The molecule has 82 valence electrons. The molecule has 1 amide bonds. The predicted octanol–water partition coefficient (Wildman–Crippen LogP) is 1.29. The summed E-state index contributed by atoms with van der Waals surface area (Å²) in [4.78, 5) is 11.7. The molecule has 0 spiro atoms. The van der Waals surface area contributed by atoms with E-state index in [9.17, 15) is 9.00 Å². The molecule has 5 heteroatoms. The van der Waals surface area contributed by atoms with E-state index < -0.39 is 11.1 Å². The van der Waals surface area contributed by atoms with E-state index in [1.165, 1.54) is 13.3 Å². The lowest BCUT2D eigenvalue weighted by Crippen LogP contribution is -2.27. The second kappa shape index (κ2) is 5.04. The minimum atomic E-state index is -1.49. The van der Waals surface area contributed by atoms with Gasteiger partial charge in [-0.05, 0) is 19.1 Å². The summed E-state index contributed by atoms with van der Waals surface area (Å²) in [5, 5.41) is 0.973. The zero-order chi connectivity index (χ0) is 11.4. The fraction of sp³-hybridized carbons (Fsp3) is 0.300. The van der Waals surface area contributed by atoms with Crippen LogP contribution < -0.4 is 0 Å². The first-order valence-electron chi connectivity index (χ1n) is 4.37. The van der Waals surface area contributed by atoms with Crippen molar-refractivity contribution in [3.8, 4) is 0 Å². The molecular formula is C10H13NO3S. The average Bonchev–Trinajstić information content (AvgIpc) is 2.17. The lowest BCUT2D eigenvalue weighted by Gasteiger charge is -2.13. The van der Waals surface area contributed by atoms with Crippen LogP contribution in [0.25, 0.3) is 0 Å². The monoisotopic (exact) mass is 227 g/mol. The Labute approximate surface area is 91.5 Å². The number of aryl methyl sites for hydroxylation is 1. The van der Waals surface area contributed by atoms with Crippen LogP contribution in [0.2, 0.25) is 0 Å². The quantitative estimate of drug-likeness (QED) is 0.731. The normalized spacial score (nSPS) is 12.2. The van der Waals surface area contributed by atoms with Crippen LogP contribution in [0.3, 0.4) is 0 Å². The maximum Gasteiger partial charge on any atom is 0.278 e. The van der Waals surface area contributed by atoms with Gasteiger partial charge >= 0.3 is 0 Å². The highest BCUT2D eigenvalue weighted by molar-refractivity contribution is 7.79. The number of carbonyl (C=O) groups is 1. The minimum absolute atomic E-state index is 0.315. The molecule has 0 saturated heterocycles. The second-order valence-corrected chi connectivity index (χ2v) is 4.10. The molecule has 1 rings (SSSR count). The van der Waals surface area contributed by atoms with Gasteiger partial charge in [0, 0.05) is 18.9 Å².